The molecular formula is C7H12N2S2. The lowest BCUT2D eigenvalue weighted by Crippen LogP contribution is -1.89. The van der Waals surface area contributed by atoms with Gasteiger partial charge in [0.15, 0.2) is 4.34 Å². The van der Waals surface area contributed by atoms with Gasteiger partial charge in [-0.25, -0.2) is 0 Å². The predicted molar refractivity (Wildman–Crippen MR) is 50.2 cm³/mol. The van der Waals surface area contributed by atoms with E-state index in [-0.39, 0.29) is 0 Å². The van der Waals surface area contributed by atoms with Crippen LogP contribution in [0.15, 0.2) is 4.34 Å². The molecule has 0 amide bonds. The summed E-state index contributed by atoms with van der Waals surface area (Å²) in [6, 6.07) is 0. The van der Waals surface area contributed by atoms with E-state index < -0.39 is 0 Å². The van der Waals surface area contributed by atoms with E-state index in [4.69, 9.17) is 0 Å². The first kappa shape index (κ1) is 9.00. The summed E-state index contributed by atoms with van der Waals surface area (Å²) in [7, 11) is 0. The molecule has 0 aliphatic rings. The molecule has 1 heterocycles. The van der Waals surface area contributed by atoms with Crippen LogP contribution in [0.4, 0.5) is 0 Å². The van der Waals surface area contributed by atoms with Gasteiger partial charge in [-0.15, -0.1) is 10.2 Å². The normalized spacial score (nSPS) is 10.9. The predicted octanol–water partition coefficient (Wildman–Crippen LogP) is 2.59. The van der Waals surface area contributed by atoms with Gasteiger partial charge in [-0.2, -0.15) is 0 Å². The zero-order valence-electron chi connectivity index (χ0n) is 7.00. The summed E-state index contributed by atoms with van der Waals surface area (Å²) in [6.45, 7) is 6.40. The lowest BCUT2D eigenvalue weighted by Gasteiger charge is -1.98. The molecule has 0 atom stereocenters. The number of hydrogen-bond acceptors (Lipinski definition) is 4. The summed E-state index contributed by atoms with van der Waals surface area (Å²) in [4.78, 5) is 0. The monoisotopic (exact) mass is 188 g/mol. The van der Waals surface area contributed by atoms with Gasteiger partial charge in [0.2, 0.25) is 0 Å². The molecule has 2 nitrogen and oxygen atoms in total. The fourth-order valence-corrected chi connectivity index (χ4v) is 2.37. The highest BCUT2D eigenvalue weighted by Gasteiger charge is 2.01. The van der Waals surface area contributed by atoms with Gasteiger partial charge in [-0.1, -0.05) is 36.9 Å². The molecule has 0 saturated carbocycles. The van der Waals surface area contributed by atoms with Crippen LogP contribution in [-0.4, -0.2) is 16.0 Å². The fraction of sp³-hybridized carbons (Fsp3) is 0.714. The molecule has 0 aromatic carbocycles. The molecule has 0 fully saturated rings. The molecule has 0 aliphatic carbocycles. The Morgan fingerprint density at radius 2 is 2.18 bits per heavy atom. The maximum Gasteiger partial charge on any atom is 0.174 e. The van der Waals surface area contributed by atoms with E-state index in [0.29, 0.717) is 0 Å². The Morgan fingerprint density at radius 1 is 1.45 bits per heavy atom. The van der Waals surface area contributed by atoms with E-state index in [1.165, 1.54) is 0 Å². The number of nitrogens with zero attached hydrogens (tertiary/aromatic N) is 2. The Kier molecular flexibility index (Phi) is 3.33. The molecule has 0 N–H and O–H groups in total. The number of thioether (sulfide) groups is 1. The van der Waals surface area contributed by atoms with Crippen molar-refractivity contribution >= 4 is 23.1 Å². The smallest absolute Gasteiger partial charge is 0.143 e. The molecule has 4 heteroatoms. The lowest BCUT2D eigenvalue weighted by atomic mass is 10.3. The van der Waals surface area contributed by atoms with Crippen LogP contribution in [-0.2, 0) is 0 Å². The molecule has 62 valence electrons. The third kappa shape index (κ3) is 3.20. The summed E-state index contributed by atoms with van der Waals surface area (Å²) < 4.78 is 1.09. The van der Waals surface area contributed by atoms with Gasteiger partial charge in [0, 0.05) is 5.75 Å². The van der Waals surface area contributed by atoms with Crippen LogP contribution in [0.3, 0.4) is 0 Å². The number of hydrogen-bond donors (Lipinski definition) is 0. The minimum absolute atomic E-state index is 0.726. The molecule has 0 bridgehead atoms. The zero-order chi connectivity index (χ0) is 8.27. The Morgan fingerprint density at radius 3 is 2.64 bits per heavy atom. The summed E-state index contributed by atoms with van der Waals surface area (Å²) in [5, 5.41) is 9.01. The first-order valence-electron chi connectivity index (χ1n) is 3.61. The van der Waals surface area contributed by atoms with Crippen molar-refractivity contribution in [2.75, 3.05) is 5.75 Å². The number of aryl methyl sites for hydroxylation is 1. The second-order valence-corrected chi connectivity index (χ2v) is 5.24. The van der Waals surface area contributed by atoms with Crippen LogP contribution in [0.1, 0.15) is 18.9 Å². The van der Waals surface area contributed by atoms with E-state index in [1.54, 1.807) is 23.1 Å². The van der Waals surface area contributed by atoms with Crippen molar-refractivity contribution in [3.8, 4) is 0 Å². The maximum absolute atomic E-state index is 4.02. The van der Waals surface area contributed by atoms with E-state index in [0.717, 1.165) is 21.0 Å². The van der Waals surface area contributed by atoms with Gasteiger partial charge in [-0.3, -0.25) is 0 Å². The SMILES string of the molecule is Cc1nnc(SCC(C)C)s1. The van der Waals surface area contributed by atoms with E-state index >= 15 is 0 Å². The van der Waals surface area contributed by atoms with Crippen molar-refractivity contribution in [3.05, 3.63) is 5.01 Å². The molecule has 11 heavy (non-hydrogen) atoms. The van der Waals surface area contributed by atoms with E-state index in [2.05, 4.69) is 24.0 Å². The van der Waals surface area contributed by atoms with Gasteiger partial charge in [0.1, 0.15) is 5.01 Å². The van der Waals surface area contributed by atoms with Gasteiger partial charge in [0.05, 0.1) is 0 Å². The summed E-state index contributed by atoms with van der Waals surface area (Å²) in [5.41, 5.74) is 0. The average molecular weight is 188 g/mol. The third-order valence-electron chi connectivity index (χ3n) is 1.05. The highest BCUT2D eigenvalue weighted by atomic mass is 32.2. The molecule has 1 rings (SSSR count). The largest absolute Gasteiger partial charge is 0.174 e. The minimum atomic E-state index is 0.726. The van der Waals surface area contributed by atoms with Crippen molar-refractivity contribution in [2.24, 2.45) is 5.92 Å². The van der Waals surface area contributed by atoms with Crippen LogP contribution in [0.2, 0.25) is 0 Å². The van der Waals surface area contributed by atoms with E-state index in [1.807, 2.05) is 6.92 Å². The van der Waals surface area contributed by atoms with Crippen LogP contribution in [0.25, 0.3) is 0 Å². The molecule has 0 unspecified atom stereocenters. The van der Waals surface area contributed by atoms with Crippen molar-refractivity contribution in [3.63, 3.8) is 0 Å². The second kappa shape index (κ2) is 4.07. The van der Waals surface area contributed by atoms with Crippen LogP contribution in [0.5, 0.6) is 0 Å². The Labute approximate surface area is 75.4 Å². The average Bonchev–Trinajstić information content (AvgIpc) is 2.31. The first-order valence-corrected chi connectivity index (χ1v) is 5.41. The van der Waals surface area contributed by atoms with Crippen molar-refractivity contribution in [2.45, 2.75) is 25.1 Å². The molecule has 0 aliphatic heterocycles. The third-order valence-corrected chi connectivity index (χ3v) is 3.45. The molecule has 1 aromatic heterocycles. The van der Waals surface area contributed by atoms with Gasteiger partial charge < -0.3 is 0 Å². The lowest BCUT2D eigenvalue weighted by molar-refractivity contribution is 0.749. The van der Waals surface area contributed by atoms with Crippen molar-refractivity contribution in [1.29, 1.82) is 0 Å². The quantitative estimate of drug-likeness (QED) is 0.682. The van der Waals surface area contributed by atoms with E-state index in [9.17, 15) is 0 Å². The van der Waals surface area contributed by atoms with Crippen molar-refractivity contribution < 1.29 is 0 Å². The van der Waals surface area contributed by atoms with Gasteiger partial charge in [-0.05, 0) is 12.8 Å². The Bertz CT molecular complexity index is 220. The Balaban J connectivity index is 2.39. The maximum atomic E-state index is 4.02. The van der Waals surface area contributed by atoms with Crippen LogP contribution in [0, 0.1) is 12.8 Å². The topological polar surface area (TPSA) is 25.8 Å². The fourth-order valence-electron chi connectivity index (χ4n) is 0.575. The van der Waals surface area contributed by atoms with Crippen molar-refractivity contribution in [1.82, 2.24) is 10.2 Å². The van der Waals surface area contributed by atoms with Gasteiger partial charge >= 0.3 is 0 Å². The van der Waals surface area contributed by atoms with Crippen LogP contribution >= 0.6 is 23.1 Å². The molecule has 0 saturated heterocycles. The molecule has 1 aromatic rings. The van der Waals surface area contributed by atoms with Gasteiger partial charge in [0.25, 0.3) is 0 Å². The Hall–Kier alpha value is -0.0900. The zero-order valence-corrected chi connectivity index (χ0v) is 8.63. The number of rotatable bonds is 3. The highest BCUT2D eigenvalue weighted by molar-refractivity contribution is 8.01. The standard InChI is InChI=1S/C7H12N2S2/c1-5(2)4-10-7-9-8-6(3)11-7/h5H,4H2,1-3H3. The molecular weight excluding hydrogens is 176 g/mol. The molecule has 0 spiro atoms. The van der Waals surface area contributed by atoms with Crippen LogP contribution < -0.4 is 0 Å². The second-order valence-electron chi connectivity index (χ2n) is 2.79. The first-order chi connectivity index (χ1) is 5.18. The summed E-state index contributed by atoms with van der Waals surface area (Å²) in [6.07, 6.45) is 0. The summed E-state index contributed by atoms with van der Waals surface area (Å²) in [5.74, 6) is 1.86. The highest BCUT2D eigenvalue weighted by Crippen LogP contribution is 2.23. The number of aromatic nitrogens is 2. The molecule has 0 radical (unpaired) electrons. The summed E-state index contributed by atoms with van der Waals surface area (Å²) >= 11 is 3.46. The minimum Gasteiger partial charge on any atom is -0.143 e.